The molecular formula is C16H17N5O2. The third-order valence-corrected chi connectivity index (χ3v) is 3.55. The highest BCUT2D eigenvalue weighted by molar-refractivity contribution is 6.02. The second kappa shape index (κ2) is 5.77. The molecule has 0 radical (unpaired) electrons. The molecule has 0 saturated carbocycles. The number of anilines is 1. The van der Waals surface area contributed by atoms with Gasteiger partial charge in [-0.1, -0.05) is 12.1 Å². The number of nitrogens with zero attached hydrogens (tertiary/aromatic N) is 4. The summed E-state index contributed by atoms with van der Waals surface area (Å²) in [5, 5.41) is 16.2. The summed E-state index contributed by atoms with van der Waals surface area (Å²) < 4.78 is 1.54. The van der Waals surface area contributed by atoms with Crippen LogP contribution in [0.25, 0.3) is 5.78 Å². The van der Waals surface area contributed by atoms with Crippen molar-refractivity contribution in [2.45, 2.75) is 27.4 Å². The minimum absolute atomic E-state index is 0.0556. The van der Waals surface area contributed by atoms with Gasteiger partial charge in [-0.25, -0.2) is 9.50 Å². The fraction of sp³-hybridized carbons (Fsp3) is 0.250. The minimum atomic E-state index is -0.411. The van der Waals surface area contributed by atoms with Crippen LogP contribution in [0.5, 0.6) is 0 Å². The molecule has 2 N–H and O–H groups in total. The SMILES string of the molecule is Cc1cc(C)n2nc(C(=O)Nc3cc(CO)ccc3C)nc2n1. The van der Waals surface area contributed by atoms with Gasteiger partial charge in [-0.05, 0) is 44.0 Å². The summed E-state index contributed by atoms with van der Waals surface area (Å²) in [6.45, 7) is 5.54. The molecule has 0 aliphatic carbocycles. The molecule has 3 aromatic rings. The molecule has 7 heteroatoms. The van der Waals surface area contributed by atoms with Gasteiger partial charge in [0.1, 0.15) is 0 Å². The van der Waals surface area contributed by atoms with E-state index in [9.17, 15) is 9.90 Å². The molecule has 0 bridgehead atoms. The molecule has 2 aromatic heterocycles. The maximum absolute atomic E-state index is 12.4. The standard InChI is InChI=1S/C16H17N5O2/c1-9-4-5-12(8-22)7-13(9)18-15(23)14-19-16-17-10(2)6-11(3)21(16)20-14/h4-7,22H,8H2,1-3H3,(H,18,23). The molecule has 1 aromatic carbocycles. The van der Waals surface area contributed by atoms with Crippen LogP contribution in [0.1, 0.15) is 33.1 Å². The molecule has 0 aliphatic heterocycles. The third-order valence-electron chi connectivity index (χ3n) is 3.55. The van der Waals surface area contributed by atoms with Crippen LogP contribution < -0.4 is 5.32 Å². The van der Waals surface area contributed by atoms with E-state index >= 15 is 0 Å². The molecule has 0 spiro atoms. The van der Waals surface area contributed by atoms with Gasteiger partial charge in [0.2, 0.25) is 5.82 Å². The highest BCUT2D eigenvalue weighted by Gasteiger charge is 2.16. The van der Waals surface area contributed by atoms with Crippen LogP contribution in [0.4, 0.5) is 5.69 Å². The van der Waals surface area contributed by atoms with E-state index < -0.39 is 5.91 Å². The number of aliphatic hydroxyl groups is 1. The molecule has 118 valence electrons. The van der Waals surface area contributed by atoms with Gasteiger partial charge in [0.15, 0.2) is 0 Å². The Morgan fingerprint density at radius 1 is 1.22 bits per heavy atom. The fourth-order valence-electron chi connectivity index (χ4n) is 2.34. The molecule has 0 aliphatic rings. The molecule has 3 rings (SSSR count). The predicted octanol–water partition coefficient (Wildman–Crippen LogP) is 1.79. The molecule has 7 nitrogen and oxygen atoms in total. The molecule has 0 atom stereocenters. The largest absolute Gasteiger partial charge is 0.392 e. The van der Waals surface area contributed by atoms with E-state index in [2.05, 4.69) is 20.4 Å². The van der Waals surface area contributed by atoms with Gasteiger partial charge in [-0.15, -0.1) is 5.10 Å². The zero-order valence-corrected chi connectivity index (χ0v) is 13.2. The number of nitrogens with one attached hydrogen (secondary N) is 1. The first-order chi connectivity index (χ1) is 11.0. The van der Waals surface area contributed by atoms with Gasteiger partial charge < -0.3 is 10.4 Å². The molecule has 0 saturated heterocycles. The molecule has 2 heterocycles. The van der Waals surface area contributed by atoms with Crippen molar-refractivity contribution < 1.29 is 9.90 Å². The summed E-state index contributed by atoms with van der Waals surface area (Å²) >= 11 is 0. The molecule has 1 amide bonds. The summed E-state index contributed by atoms with van der Waals surface area (Å²) in [6, 6.07) is 7.26. The minimum Gasteiger partial charge on any atom is -0.392 e. The number of aryl methyl sites for hydroxylation is 3. The molecular weight excluding hydrogens is 294 g/mol. The lowest BCUT2D eigenvalue weighted by atomic mass is 10.1. The van der Waals surface area contributed by atoms with Gasteiger partial charge in [-0.2, -0.15) is 4.98 Å². The summed E-state index contributed by atoms with van der Waals surface area (Å²) in [5.41, 5.74) is 3.92. The average Bonchev–Trinajstić information content (AvgIpc) is 2.93. The van der Waals surface area contributed by atoms with E-state index in [4.69, 9.17) is 0 Å². The van der Waals surface area contributed by atoms with Gasteiger partial charge in [-0.3, -0.25) is 4.79 Å². The Labute approximate surface area is 133 Å². The maximum atomic E-state index is 12.4. The number of aromatic nitrogens is 4. The highest BCUT2D eigenvalue weighted by atomic mass is 16.3. The van der Waals surface area contributed by atoms with Crippen LogP contribution >= 0.6 is 0 Å². The lowest BCUT2D eigenvalue weighted by Crippen LogP contribution is -2.15. The normalized spacial score (nSPS) is 11.0. The van der Waals surface area contributed by atoms with Gasteiger partial charge in [0, 0.05) is 17.1 Å². The number of benzene rings is 1. The number of hydrogen-bond acceptors (Lipinski definition) is 5. The molecule has 0 fully saturated rings. The maximum Gasteiger partial charge on any atom is 0.295 e. The number of aliphatic hydroxyl groups excluding tert-OH is 1. The van der Waals surface area contributed by atoms with Crippen LogP contribution in [-0.4, -0.2) is 30.6 Å². The molecule has 23 heavy (non-hydrogen) atoms. The Hall–Kier alpha value is -2.80. The van der Waals surface area contributed by atoms with Crippen molar-refractivity contribution in [2.75, 3.05) is 5.32 Å². The number of fused-ring (bicyclic) bond motifs is 1. The second-order valence-electron chi connectivity index (χ2n) is 5.45. The first kappa shape index (κ1) is 15.1. The Morgan fingerprint density at radius 3 is 2.74 bits per heavy atom. The van der Waals surface area contributed by atoms with E-state index in [0.717, 1.165) is 22.5 Å². The Balaban J connectivity index is 1.93. The number of hydrogen-bond donors (Lipinski definition) is 2. The van der Waals surface area contributed by atoms with Crippen molar-refractivity contribution >= 4 is 17.4 Å². The lowest BCUT2D eigenvalue weighted by Gasteiger charge is -2.08. The first-order valence-corrected chi connectivity index (χ1v) is 7.20. The Bertz CT molecular complexity index is 901. The summed E-state index contributed by atoms with van der Waals surface area (Å²) in [4.78, 5) is 20.8. The predicted molar refractivity (Wildman–Crippen MR) is 85.3 cm³/mol. The van der Waals surface area contributed by atoms with Gasteiger partial charge in [0.05, 0.1) is 6.61 Å². The van der Waals surface area contributed by atoms with Crippen molar-refractivity contribution in [3.63, 3.8) is 0 Å². The van der Waals surface area contributed by atoms with Crippen molar-refractivity contribution in [1.29, 1.82) is 0 Å². The number of amides is 1. The van der Waals surface area contributed by atoms with Crippen LogP contribution in [-0.2, 0) is 6.61 Å². The number of carbonyl (C=O) groups is 1. The smallest absolute Gasteiger partial charge is 0.295 e. The highest BCUT2D eigenvalue weighted by Crippen LogP contribution is 2.17. The van der Waals surface area contributed by atoms with Crippen molar-refractivity contribution in [3.8, 4) is 0 Å². The topological polar surface area (TPSA) is 92.4 Å². The Morgan fingerprint density at radius 2 is 2.00 bits per heavy atom. The lowest BCUT2D eigenvalue weighted by molar-refractivity contribution is 0.101. The van der Waals surface area contributed by atoms with Crippen molar-refractivity contribution in [2.24, 2.45) is 0 Å². The summed E-state index contributed by atoms with van der Waals surface area (Å²) in [5.74, 6) is 0.0409. The van der Waals surface area contributed by atoms with Gasteiger partial charge >= 0.3 is 0 Å². The van der Waals surface area contributed by atoms with E-state index in [1.54, 1.807) is 10.6 Å². The van der Waals surface area contributed by atoms with E-state index in [1.165, 1.54) is 0 Å². The van der Waals surface area contributed by atoms with Crippen molar-refractivity contribution in [3.05, 3.63) is 52.6 Å². The molecule has 0 unspecified atom stereocenters. The average molecular weight is 311 g/mol. The zero-order chi connectivity index (χ0) is 16.6. The number of carbonyl (C=O) groups excluding carboxylic acids is 1. The van der Waals surface area contributed by atoms with E-state index in [1.807, 2.05) is 39.0 Å². The fourth-order valence-corrected chi connectivity index (χ4v) is 2.34. The summed E-state index contributed by atoms with van der Waals surface area (Å²) in [7, 11) is 0. The van der Waals surface area contributed by atoms with Crippen LogP contribution in [0, 0.1) is 20.8 Å². The third kappa shape index (κ3) is 2.91. The number of rotatable bonds is 3. The van der Waals surface area contributed by atoms with Crippen LogP contribution in [0.2, 0.25) is 0 Å². The summed E-state index contributed by atoms with van der Waals surface area (Å²) in [6.07, 6.45) is 0. The van der Waals surface area contributed by atoms with Crippen LogP contribution in [0.15, 0.2) is 24.3 Å². The van der Waals surface area contributed by atoms with E-state index in [0.29, 0.717) is 11.5 Å². The monoisotopic (exact) mass is 311 g/mol. The second-order valence-corrected chi connectivity index (χ2v) is 5.45. The van der Waals surface area contributed by atoms with Crippen molar-refractivity contribution in [1.82, 2.24) is 19.6 Å². The van der Waals surface area contributed by atoms with Crippen LogP contribution in [0.3, 0.4) is 0 Å². The zero-order valence-electron chi connectivity index (χ0n) is 13.2. The Kier molecular flexibility index (Phi) is 3.79. The quantitative estimate of drug-likeness (QED) is 0.769. The first-order valence-electron chi connectivity index (χ1n) is 7.20. The van der Waals surface area contributed by atoms with Gasteiger partial charge in [0.25, 0.3) is 11.7 Å². The van der Waals surface area contributed by atoms with E-state index in [-0.39, 0.29) is 12.4 Å².